The maximum atomic E-state index is 11.8. The van der Waals surface area contributed by atoms with Gasteiger partial charge >= 0.3 is 0 Å². The summed E-state index contributed by atoms with van der Waals surface area (Å²) in [5, 5.41) is 0. The van der Waals surface area contributed by atoms with Crippen LogP contribution in [0.1, 0.15) is 41.8 Å². The van der Waals surface area contributed by atoms with Gasteiger partial charge in [0.15, 0.2) is 5.78 Å². The topological polar surface area (TPSA) is 17.1 Å². The van der Waals surface area contributed by atoms with E-state index in [9.17, 15) is 4.79 Å². The molecule has 1 nitrogen and oxygen atoms in total. The van der Waals surface area contributed by atoms with Crippen molar-refractivity contribution in [3.8, 4) is 0 Å². The molecular weight excluding hydrogens is 240 g/mol. The monoisotopic (exact) mass is 252 g/mol. The van der Waals surface area contributed by atoms with Crippen LogP contribution in [0, 0.1) is 6.92 Å². The Morgan fingerprint density at radius 3 is 2.64 bits per heavy atom. The van der Waals surface area contributed by atoms with Crippen LogP contribution in [-0.2, 0) is 5.41 Å². The number of benzene rings is 1. The highest BCUT2D eigenvalue weighted by atomic mass is 79.9. The summed E-state index contributed by atoms with van der Waals surface area (Å²) in [5.74, 6) is 0.273. The van der Waals surface area contributed by atoms with Gasteiger partial charge in [0.2, 0.25) is 0 Å². The van der Waals surface area contributed by atoms with E-state index in [0.29, 0.717) is 6.42 Å². The second kappa shape index (κ2) is 2.93. The molecule has 0 N–H and O–H groups in total. The van der Waals surface area contributed by atoms with Crippen molar-refractivity contribution < 1.29 is 4.79 Å². The zero-order valence-electron chi connectivity index (χ0n) is 8.65. The summed E-state index contributed by atoms with van der Waals surface area (Å²) < 4.78 is 1.07. The lowest BCUT2D eigenvalue weighted by Gasteiger charge is -2.19. The highest BCUT2D eigenvalue weighted by Crippen LogP contribution is 2.42. The molecule has 1 aromatic rings. The van der Waals surface area contributed by atoms with Crippen LogP contribution in [-0.4, -0.2) is 5.78 Å². The van der Waals surface area contributed by atoms with E-state index in [1.807, 2.05) is 13.0 Å². The SMILES string of the molecule is Cc1cc(Br)c2c(c1)C(=O)CC2(C)C. The summed E-state index contributed by atoms with van der Waals surface area (Å²) in [7, 11) is 0. The number of ketones is 1. The Morgan fingerprint density at radius 2 is 2.00 bits per heavy atom. The van der Waals surface area contributed by atoms with Crippen molar-refractivity contribution in [3.05, 3.63) is 33.3 Å². The summed E-state index contributed by atoms with van der Waals surface area (Å²) in [4.78, 5) is 11.8. The number of carbonyl (C=O) groups excluding carboxylic acids is 1. The Labute approximate surface area is 92.6 Å². The molecule has 0 spiro atoms. The molecule has 0 saturated carbocycles. The minimum Gasteiger partial charge on any atom is -0.294 e. The first-order valence-corrected chi connectivity index (χ1v) is 5.55. The third-order valence-electron chi connectivity index (χ3n) is 2.81. The second-order valence-corrected chi connectivity index (χ2v) is 5.51. The molecule has 0 amide bonds. The van der Waals surface area contributed by atoms with Crippen molar-refractivity contribution in [2.45, 2.75) is 32.6 Å². The standard InChI is InChI=1S/C12H13BrO/c1-7-4-8-10(14)6-12(2,3)11(8)9(13)5-7/h4-5H,6H2,1-3H3. The van der Waals surface area contributed by atoms with E-state index in [-0.39, 0.29) is 11.2 Å². The van der Waals surface area contributed by atoms with E-state index in [0.717, 1.165) is 15.6 Å². The van der Waals surface area contributed by atoms with E-state index >= 15 is 0 Å². The molecule has 0 fully saturated rings. The number of hydrogen-bond donors (Lipinski definition) is 0. The van der Waals surface area contributed by atoms with Gasteiger partial charge in [0.05, 0.1) is 0 Å². The number of aryl methyl sites for hydroxylation is 1. The Kier molecular flexibility index (Phi) is 2.07. The maximum absolute atomic E-state index is 11.8. The molecule has 2 heteroatoms. The normalized spacial score (nSPS) is 18.4. The molecule has 1 aromatic carbocycles. The Hall–Kier alpha value is -0.630. The number of rotatable bonds is 0. The van der Waals surface area contributed by atoms with Crippen LogP contribution in [0.4, 0.5) is 0 Å². The largest absolute Gasteiger partial charge is 0.294 e. The molecule has 0 unspecified atom stereocenters. The number of halogens is 1. The highest BCUT2D eigenvalue weighted by Gasteiger charge is 2.37. The fourth-order valence-corrected chi connectivity index (χ4v) is 3.35. The number of fused-ring (bicyclic) bond motifs is 1. The minimum atomic E-state index is -0.0149. The molecule has 1 aliphatic rings. The molecule has 1 aliphatic carbocycles. The van der Waals surface area contributed by atoms with Gasteiger partial charge in [-0.1, -0.05) is 29.8 Å². The third-order valence-corrected chi connectivity index (χ3v) is 3.44. The van der Waals surface area contributed by atoms with Crippen LogP contribution >= 0.6 is 15.9 Å². The van der Waals surface area contributed by atoms with Crippen LogP contribution < -0.4 is 0 Å². The van der Waals surface area contributed by atoms with Crippen LogP contribution in [0.5, 0.6) is 0 Å². The zero-order chi connectivity index (χ0) is 10.5. The van der Waals surface area contributed by atoms with Gasteiger partial charge < -0.3 is 0 Å². The van der Waals surface area contributed by atoms with Gasteiger partial charge in [-0.15, -0.1) is 0 Å². The lowest BCUT2D eigenvalue weighted by atomic mass is 9.86. The molecule has 74 valence electrons. The summed E-state index contributed by atoms with van der Waals surface area (Å²) in [6.07, 6.45) is 0.629. The molecule has 0 aliphatic heterocycles. The van der Waals surface area contributed by atoms with Crippen molar-refractivity contribution >= 4 is 21.7 Å². The Morgan fingerprint density at radius 1 is 1.36 bits per heavy atom. The van der Waals surface area contributed by atoms with Crippen molar-refractivity contribution in [3.63, 3.8) is 0 Å². The molecular formula is C12H13BrO. The molecule has 0 aromatic heterocycles. The van der Waals surface area contributed by atoms with E-state index in [2.05, 4.69) is 35.8 Å². The quantitative estimate of drug-likeness (QED) is 0.690. The molecule has 0 radical (unpaired) electrons. The Balaban J connectivity index is 2.75. The first-order valence-electron chi connectivity index (χ1n) is 4.75. The fourth-order valence-electron chi connectivity index (χ4n) is 2.23. The summed E-state index contributed by atoms with van der Waals surface area (Å²) in [6, 6.07) is 4.08. The molecule has 0 atom stereocenters. The van der Waals surface area contributed by atoms with Gasteiger partial charge in [0.1, 0.15) is 0 Å². The number of hydrogen-bond acceptors (Lipinski definition) is 1. The smallest absolute Gasteiger partial charge is 0.164 e. The summed E-state index contributed by atoms with van der Waals surface area (Å²) in [6.45, 7) is 6.26. The zero-order valence-corrected chi connectivity index (χ0v) is 10.2. The van der Waals surface area contributed by atoms with Crippen molar-refractivity contribution in [2.75, 3.05) is 0 Å². The first kappa shape index (κ1) is 9.91. The lowest BCUT2D eigenvalue weighted by molar-refractivity contribution is 0.0979. The van der Waals surface area contributed by atoms with E-state index in [1.54, 1.807) is 0 Å². The molecule has 14 heavy (non-hydrogen) atoms. The summed E-state index contributed by atoms with van der Waals surface area (Å²) in [5.41, 5.74) is 3.20. The van der Waals surface area contributed by atoms with Crippen LogP contribution in [0.25, 0.3) is 0 Å². The fraction of sp³-hybridized carbons (Fsp3) is 0.417. The minimum absolute atomic E-state index is 0.0149. The molecule has 2 rings (SSSR count). The molecule has 0 heterocycles. The van der Waals surface area contributed by atoms with E-state index < -0.39 is 0 Å². The van der Waals surface area contributed by atoms with Gasteiger partial charge in [-0.25, -0.2) is 0 Å². The number of carbonyl (C=O) groups is 1. The van der Waals surface area contributed by atoms with Gasteiger partial charge in [-0.05, 0) is 35.6 Å². The Bertz CT molecular complexity index is 419. The van der Waals surface area contributed by atoms with E-state index in [1.165, 1.54) is 5.56 Å². The average molecular weight is 253 g/mol. The predicted molar refractivity (Wildman–Crippen MR) is 60.9 cm³/mol. The van der Waals surface area contributed by atoms with Crippen LogP contribution in [0.15, 0.2) is 16.6 Å². The van der Waals surface area contributed by atoms with Gasteiger partial charge in [0.25, 0.3) is 0 Å². The molecule has 0 bridgehead atoms. The maximum Gasteiger partial charge on any atom is 0.164 e. The van der Waals surface area contributed by atoms with Crippen LogP contribution in [0.3, 0.4) is 0 Å². The number of Topliss-reactive ketones (excluding diaryl/α,β-unsaturated/α-hetero) is 1. The average Bonchev–Trinajstić information content (AvgIpc) is 2.21. The molecule has 0 saturated heterocycles. The predicted octanol–water partition coefficient (Wildman–Crippen LogP) is 3.62. The lowest BCUT2D eigenvalue weighted by Crippen LogP contribution is -2.13. The second-order valence-electron chi connectivity index (χ2n) is 4.65. The van der Waals surface area contributed by atoms with Crippen molar-refractivity contribution in [1.82, 2.24) is 0 Å². The first-order chi connectivity index (χ1) is 6.42. The van der Waals surface area contributed by atoms with Crippen molar-refractivity contribution in [2.24, 2.45) is 0 Å². The van der Waals surface area contributed by atoms with Gasteiger partial charge in [0, 0.05) is 16.5 Å². The van der Waals surface area contributed by atoms with E-state index in [4.69, 9.17) is 0 Å². The highest BCUT2D eigenvalue weighted by molar-refractivity contribution is 9.10. The third kappa shape index (κ3) is 1.33. The van der Waals surface area contributed by atoms with Gasteiger partial charge in [-0.2, -0.15) is 0 Å². The van der Waals surface area contributed by atoms with Gasteiger partial charge in [-0.3, -0.25) is 4.79 Å². The summed E-state index contributed by atoms with van der Waals surface area (Å²) >= 11 is 3.55. The van der Waals surface area contributed by atoms with Crippen molar-refractivity contribution in [1.29, 1.82) is 0 Å². The van der Waals surface area contributed by atoms with Crippen LogP contribution in [0.2, 0.25) is 0 Å².